The van der Waals surface area contributed by atoms with Crippen LogP contribution < -0.4 is 16.4 Å². The summed E-state index contributed by atoms with van der Waals surface area (Å²) in [6, 6.07) is 7.04. The first-order valence-electron chi connectivity index (χ1n) is 7.17. The Labute approximate surface area is 123 Å². The number of hydrogen-bond donors (Lipinski definition) is 2. The van der Waals surface area contributed by atoms with Crippen molar-refractivity contribution in [2.75, 3.05) is 17.2 Å². The molecule has 1 aromatic rings. The van der Waals surface area contributed by atoms with Crippen LogP contribution in [0.5, 0.6) is 0 Å². The third kappa shape index (κ3) is 2.53. The van der Waals surface area contributed by atoms with Gasteiger partial charge >= 0.3 is 5.97 Å². The van der Waals surface area contributed by atoms with Crippen molar-refractivity contribution in [1.29, 1.82) is 0 Å². The number of carbonyl (C=O) groups is 2. The Hall–Kier alpha value is -2.24. The van der Waals surface area contributed by atoms with Gasteiger partial charge in [0.15, 0.2) is 5.60 Å². The number of primary amides is 1. The second-order valence-corrected chi connectivity index (χ2v) is 5.72. The molecule has 1 heterocycles. The van der Waals surface area contributed by atoms with Crippen molar-refractivity contribution in [3.63, 3.8) is 0 Å². The summed E-state index contributed by atoms with van der Waals surface area (Å²) >= 11 is 0. The van der Waals surface area contributed by atoms with Crippen LogP contribution in [0.1, 0.15) is 25.7 Å². The van der Waals surface area contributed by atoms with Crippen LogP contribution in [0.15, 0.2) is 24.3 Å². The van der Waals surface area contributed by atoms with E-state index in [4.69, 9.17) is 16.2 Å². The summed E-state index contributed by atoms with van der Waals surface area (Å²) in [5.74, 6) is -0.909. The molecule has 1 saturated heterocycles. The van der Waals surface area contributed by atoms with E-state index < -0.39 is 11.5 Å². The molecule has 1 aromatic carbocycles. The van der Waals surface area contributed by atoms with E-state index >= 15 is 0 Å². The zero-order chi connectivity index (χ0) is 15.0. The van der Waals surface area contributed by atoms with E-state index in [9.17, 15) is 9.59 Å². The topological polar surface area (TPSA) is 98.7 Å². The van der Waals surface area contributed by atoms with Crippen LogP contribution in [0.2, 0.25) is 0 Å². The van der Waals surface area contributed by atoms with Crippen LogP contribution >= 0.6 is 0 Å². The van der Waals surface area contributed by atoms with Gasteiger partial charge in [-0.1, -0.05) is 0 Å². The molecule has 0 radical (unpaired) electrons. The maximum atomic E-state index is 12.4. The number of esters is 1. The Balaban J connectivity index is 1.73. The first-order chi connectivity index (χ1) is 10.0. The number of rotatable bonds is 4. The van der Waals surface area contributed by atoms with Crippen molar-refractivity contribution >= 4 is 23.3 Å². The van der Waals surface area contributed by atoms with Crippen molar-refractivity contribution in [2.24, 2.45) is 5.73 Å². The van der Waals surface area contributed by atoms with Gasteiger partial charge in [0.25, 0.3) is 5.91 Å². The molecule has 6 nitrogen and oxygen atoms in total. The lowest BCUT2D eigenvalue weighted by atomic mass is 10.2. The van der Waals surface area contributed by atoms with Crippen LogP contribution in [-0.4, -0.2) is 30.1 Å². The third-order valence-electron chi connectivity index (χ3n) is 4.20. The van der Waals surface area contributed by atoms with Crippen LogP contribution in [0.25, 0.3) is 0 Å². The molecule has 1 atom stereocenters. The maximum Gasteiger partial charge on any atom is 0.329 e. The van der Waals surface area contributed by atoms with E-state index in [1.54, 1.807) is 0 Å². The minimum atomic E-state index is -1.05. The van der Waals surface area contributed by atoms with E-state index in [-0.39, 0.29) is 12.0 Å². The first-order valence-corrected chi connectivity index (χ1v) is 7.17. The Morgan fingerprint density at radius 3 is 2.48 bits per heavy atom. The second kappa shape index (κ2) is 4.95. The highest BCUT2D eigenvalue weighted by atomic mass is 16.6. The fourth-order valence-corrected chi connectivity index (χ4v) is 2.76. The van der Waals surface area contributed by atoms with E-state index in [1.807, 2.05) is 29.2 Å². The second-order valence-electron chi connectivity index (χ2n) is 5.72. The lowest BCUT2D eigenvalue weighted by molar-refractivity contribution is -0.158. The number of amides is 1. The van der Waals surface area contributed by atoms with Gasteiger partial charge in [0.2, 0.25) is 0 Å². The molecule has 0 aromatic heterocycles. The Morgan fingerprint density at radius 2 is 1.90 bits per heavy atom. The number of anilines is 2. The summed E-state index contributed by atoms with van der Waals surface area (Å²) in [4.78, 5) is 25.7. The van der Waals surface area contributed by atoms with Gasteiger partial charge in [-0.15, -0.1) is 0 Å². The number of hydrogen-bond acceptors (Lipinski definition) is 5. The van der Waals surface area contributed by atoms with Crippen LogP contribution in [0.4, 0.5) is 11.4 Å². The van der Waals surface area contributed by atoms with Crippen LogP contribution in [0.3, 0.4) is 0 Å². The van der Waals surface area contributed by atoms with Gasteiger partial charge in [-0.05, 0) is 37.1 Å². The van der Waals surface area contributed by atoms with E-state index in [0.717, 1.165) is 25.1 Å². The average Bonchev–Trinajstić information content (AvgIpc) is 3.07. The molecule has 112 valence electrons. The molecule has 0 bridgehead atoms. The summed E-state index contributed by atoms with van der Waals surface area (Å²) in [7, 11) is 0. The molecule has 1 saturated carbocycles. The summed E-state index contributed by atoms with van der Waals surface area (Å²) in [6.07, 6.45) is 2.69. The monoisotopic (exact) mass is 289 g/mol. The summed E-state index contributed by atoms with van der Waals surface area (Å²) in [5.41, 5.74) is 11.6. The van der Waals surface area contributed by atoms with Gasteiger partial charge in [0.1, 0.15) is 6.04 Å². The maximum absolute atomic E-state index is 12.4. The first kappa shape index (κ1) is 13.7. The van der Waals surface area contributed by atoms with Crippen molar-refractivity contribution in [1.82, 2.24) is 0 Å². The lowest BCUT2D eigenvalue weighted by Crippen LogP contribution is -2.43. The SMILES string of the molecule is NC(=O)C1(OC(=O)C2CCCN2c2ccc(N)cc2)CC1. The molecule has 1 unspecified atom stereocenters. The van der Waals surface area contributed by atoms with Gasteiger partial charge in [-0.25, -0.2) is 4.79 Å². The quantitative estimate of drug-likeness (QED) is 0.631. The number of nitrogens with two attached hydrogens (primary N) is 2. The largest absolute Gasteiger partial charge is 0.447 e. The fraction of sp³-hybridized carbons (Fsp3) is 0.467. The summed E-state index contributed by atoms with van der Waals surface area (Å²) in [5, 5.41) is 0. The number of nitrogen functional groups attached to an aromatic ring is 1. The molecule has 4 N–H and O–H groups in total. The normalized spacial score (nSPS) is 22.9. The van der Waals surface area contributed by atoms with Crippen molar-refractivity contribution < 1.29 is 14.3 Å². The smallest absolute Gasteiger partial charge is 0.329 e. The third-order valence-corrected chi connectivity index (χ3v) is 4.20. The minimum Gasteiger partial charge on any atom is -0.447 e. The highest BCUT2D eigenvalue weighted by molar-refractivity contribution is 5.91. The summed E-state index contributed by atoms with van der Waals surface area (Å²) < 4.78 is 5.39. The highest BCUT2D eigenvalue weighted by Crippen LogP contribution is 2.40. The molecule has 3 rings (SSSR count). The molecule has 1 aliphatic carbocycles. The van der Waals surface area contributed by atoms with E-state index in [1.165, 1.54) is 0 Å². The van der Waals surface area contributed by atoms with Crippen molar-refractivity contribution in [3.8, 4) is 0 Å². The molecule has 6 heteroatoms. The molecule has 1 amide bonds. The molecule has 2 fully saturated rings. The molecule has 0 spiro atoms. The standard InChI is InChI=1S/C15H19N3O3/c16-10-3-5-11(6-4-10)18-9-1-2-12(18)13(19)21-15(7-8-15)14(17)20/h3-6,12H,1-2,7-9,16H2,(H2,17,20). The molecular formula is C15H19N3O3. The van der Waals surface area contributed by atoms with Gasteiger partial charge < -0.3 is 21.1 Å². The predicted molar refractivity (Wildman–Crippen MR) is 78.5 cm³/mol. The van der Waals surface area contributed by atoms with E-state index in [2.05, 4.69) is 0 Å². The Morgan fingerprint density at radius 1 is 1.24 bits per heavy atom. The predicted octanol–water partition coefficient (Wildman–Crippen LogP) is 0.799. The number of ether oxygens (including phenoxy) is 1. The van der Waals surface area contributed by atoms with E-state index in [0.29, 0.717) is 18.5 Å². The zero-order valence-electron chi connectivity index (χ0n) is 11.7. The highest BCUT2D eigenvalue weighted by Gasteiger charge is 2.54. The van der Waals surface area contributed by atoms with Crippen LogP contribution in [0, 0.1) is 0 Å². The zero-order valence-corrected chi connectivity index (χ0v) is 11.7. The lowest BCUT2D eigenvalue weighted by Gasteiger charge is -2.26. The molecule has 21 heavy (non-hydrogen) atoms. The van der Waals surface area contributed by atoms with Crippen molar-refractivity contribution in [3.05, 3.63) is 24.3 Å². The van der Waals surface area contributed by atoms with Gasteiger partial charge in [0, 0.05) is 30.8 Å². The molecular weight excluding hydrogens is 270 g/mol. The number of benzene rings is 1. The minimum absolute atomic E-state index is 0.356. The molecule has 1 aliphatic heterocycles. The van der Waals surface area contributed by atoms with Crippen molar-refractivity contribution in [2.45, 2.75) is 37.3 Å². The fourth-order valence-electron chi connectivity index (χ4n) is 2.76. The average molecular weight is 289 g/mol. The molecule has 2 aliphatic rings. The number of carbonyl (C=O) groups excluding carboxylic acids is 2. The van der Waals surface area contributed by atoms with Crippen LogP contribution in [-0.2, 0) is 14.3 Å². The summed E-state index contributed by atoms with van der Waals surface area (Å²) in [6.45, 7) is 0.785. The van der Waals surface area contributed by atoms with Gasteiger partial charge in [-0.2, -0.15) is 0 Å². The van der Waals surface area contributed by atoms with Gasteiger partial charge in [0.05, 0.1) is 0 Å². The number of nitrogens with zero attached hydrogens (tertiary/aromatic N) is 1. The van der Waals surface area contributed by atoms with Gasteiger partial charge in [-0.3, -0.25) is 4.79 Å². The Kier molecular flexibility index (Phi) is 3.23. The Bertz CT molecular complexity index is 566.